The fourth-order valence-corrected chi connectivity index (χ4v) is 12.9. The van der Waals surface area contributed by atoms with Gasteiger partial charge in [0.2, 0.25) is 0 Å². The Morgan fingerprint density at radius 3 is 0.731 bits per heavy atom. The Kier molecular flexibility index (Phi) is 65.9. The van der Waals surface area contributed by atoms with Crippen molar-refractivity contribution >= 4 is 39.5 Å². The Labute approximate surface area is 568 Å². The first-order valence-electron chi connectivity index (χ1n) is 38.6. The minimum Gasteiger partial charge on any atom is -0.462 e. The van der Waals surface area contributed by atoms with Crippen LogP contribution in [0.5, 0.6) is 0 Å². The lowest BCUT2D eigenvalue weighted by molar-refractivity contribution is -0.161. The molecular formula is C74H144O17P2. The van der Waals surface area contributed by atoms with Gasteiger partial charge in [0.25, 0.3) is 0 Å². The molecule has 2 unspecified atom stereocenters. The summed E-state index contributed by atoms with van der Waals surface area (Å²) >= 11 is 0. The zero-order valence-electron chi connectivity index (χ0n) is 60.4. The predicted molar refractivity (Wildman–Crippen MR) is 377 cm³/mol. The lowest BCUT2D eigenvalue weighted by atomic mass is 10.0. The van der Waals surface area contributed by atoms with Crippen LogP contribution in [0.2, 0.25) is 0 Å². The Morgan fingerprint density at radius 1 is 0.290 bits per heavy atom. The van der Waals surface area contributed by atoms with Gasteiger partial charge in [0.1, 0.15) is 19.3 Å². The molecule has 0 heterocycles. The van der Waals surface area contributed by atoms with Crippen LogP contribution in [0.4, 0.5) is 0 Å². The minimum absolute atomic E-state index is 0.107. The quantitative estimate of drug-likeness (QED) is 0.0222. The summed E-state index contributed by atoms with van der Waals surface area (Å²) in [5.74, 6) is -1.32. The van der Waals surface area contributed by atoms with Crippen LogP contribution in [0.15, 0.2) is 0 Å². The van der Waals surface area contributed by atoms with Crippen molar-refractivity contribution in [3.05, 3.63) is 0 Å². The molecule has 0 rings (SSSR count). The molecule has 3 N–H and O–H groups in total. The molecule has 0 aliphatic rings. The van der Waals surface area contributed by atoms with Crippen LogP contribution >= 0.6 is 15.6 Å². The molecule has 19 heteroatoms. The fourth-order valence-electron chi connectivity index (χ4n) is 11.4. The van der Waals surface area contributed by atoms with Crippen molar-refractivity contribution in [2.75, 3.05) is 39.6 Å². The van der Waals surface area contributed by atoms with E-state index in [-0.39, 0.29) is 25.7 Å². The third-order valence-corrected chi connectivity index (χ3v) is 19.2. The summed E-state index contributed by atoms with van der Waals surface area (Å²) in [6, 6.07) is 0. The summed E-state index contributed by atoms with van der Waals surface area (Å²) in [7, 11) is -9.90. The van der Waals surface area contributed by atoms with Gasteiger partial charge in [0, 0.05) is 25.7 Å². The van der Waals surface area contributed by atoms with Crippen molar-refractivity contribution in [1.29, 1.82) is 0 Å². The third-order valence-electron chi connectivity index (χ3n) is 17.3. The topological polar surface area (TPSA) is 237 Å². The van der Waals surface area contributed by atoms with Crippen molar-refractivity contribution in [2.45, 2.75) is 406 Å². The van der Waals surface area contributed by atoms with E-state index in [9.17, 15) is 43.2 Å². The summed E-state index contributed by atoms with van der Waals surface area (Å²) in [5, 5.41) is 10.6. The standard InChI is InChI=1S/C74H144O17P2/c1-6-9-12-15-18-20-22-24-25-28-31-35-38-43-48-53-58-72(77)85-64-70(91-74(79)60-55-50-45-40-36-32-29-26-27-30-33-37-42-46-51-56-67(4)5)66-89-93(82,83)87-62-68(75)61-86-92(80,81)88-65-69(63-84-71(76)57-52-47-41-17-14-11-8-3)90-73(78)59-54-49-44-39-34-23-21-19-16-13-10-7-2/h67-70,75H,6-66H2,1-5H3,(H,80,81)(H,82,83)/t68-,69+,70+/m0/s1. The molecule has 0 aliphatic heterocycles. The van der Waals surface area contributed by atoms with Gasteiger partial charge in [0.05, 0.1) is 26.4 Å². The lowest BCUT2D eigenvalue weighted by Gasteiger charge is -2.21. The number of ether oxygens (including phenoxy) is 4. The third kappa shape index (κ3) is 68.4. The molecule has 93 heavy (non-hydrogen) atoms. The SMILES string of the molecule is CCCCCCCCCCCCCCCCCCC(=O)OC[C@H](COP(=O)(O)OC[C@@H](O)COP(=O)(O)OC[C@@H](COC(=O)CCCCCCCCC)OC(=O)CCCCCCCCCCCCCC)OC(=O)CCCCCCCCCCCCCCCCCC(C)C. The molecule has 0 aromatic carbocycles. The Bertz CT molecular complexity index is 1790. The molecule has 0 radical (unpaired) electrons. The van der Waals surface area contributed by atoms with Gasteiger partial charge in [-0.25, -0.2) is 9.13 Å². The Balaban J connectivity index is 5.19. The molecule has 0 spiro atoms. The zero-order valence-corrected chi connectivity index (χ0v) is 62.2. The van der Waals surface area contributed by atoms with E-state index in [1.54, 1.807) is 0 Å². The summed E-state index contributed by atoms with van der Waals surface area (Å²) in [5.41, 5.74) is 0. The predicted octanol–water partition coefficient (Wildman–Crippen LogP) is 21.7. The smallest absolute Gasteiger partial charge is 0.462 e. The van der Waals surface area contributed by atoms with E-state index in [2.05, 4.69) is 34.6 Å². The maximum Gasteiger partial charge on any atom is 0.472 e. The largest absolute Gasteiger partial charge is 0.472 e. The number of phosphoric ester groups is 2. The molecule has 0 aromatic rings. The number of aliphatic hydroxyl groups is 1. The monoisotopic (exact) mass is 1370 g/mol. The minimum atomic E-state index is -4.95. The van der Waals surface area contributed by atoms with E-state index >= 15 is 0 Å². The second kappa shape index (κ2) is 67.3. The molecule has 0 amide bonds. The molecular weight excluding hydrogens is 1220 g/mol. The highest BCUT2D eigenvalue weighted by atomic mass is 31.2. The molecule has 0 fully saturated rings. The Hall–Kier alpha value is -1.94. The van der Waals surface area contributed by atoms with E-state index in [1.165, 1.54) is 199 Å². The van der Waals surface area contributed by atoms with E-state index in [0.717, 1.165) is 109 Å². The number of esters is 4. The zero-order chi connectivity index (χ0) is 68.4. The van der Waals surface area contributed by atoms with Crippen molar-refractivity contribution in [3.63, 3.8) is 0 Å². The second-order valence-corrected chi connectivity index (χ2v) is 30.1. The molecule has 5 atom stereocenters. The molecule has 0 saturated carbocycles. The Morgan fingerprint density at radius 2 is 0.495 bits per heavy atom. The molecule has 552 valence electrons. The highest BCUT2D eigenvalue weighted by molar-refractivity contribution is 7.47. The normalized spacial score (nSPS) is 14.0. The summed E-state index contributed by atoms with van der Waals surface area (Å²) in [6.45, 7) is 7.27. The van der Waals surface area contributed by atoms with Gasteiger partial charge in [-0.3, -0.25) is 37.3 Å². The van der Waals surface area contributed by atoms with E-state index in [4.69, 9.17) is 37.0 Å². The lowest BCUT2D eigenvalue weighted by Crippen LogP contribution is -2.30. The first-order chi connectivity index (χ1) is 45.0. The van der Waals surface area contributed by atoms with Crippen molar-refractivity contribution in [1.82, 2.24) is 0 Å². The van der Waals surface area contributed by atoms with Gasteiger partial charge >= 0.3 is 39.5 Å². The van der Waals surface area contributed by atoms with Gasteiger partial charge in [-0.15, -0.1) is 0 Å². The van der Waals surface area contributed by atoms with Gasteiger partial charge in [0.15, 0.2) is 12.2 Å². The maximum atomic E-state index is 13.1. The average Bonchev–Trinajstić information content (AvgIpc) is 2.21. The second-order valence-electron chi connectivity index (χ2n) is 27.2. The number of carbonyl (C=O) groups is 4. The first kappa shape index (κ1) is 91.1. The van der Waals surface area contributed by atoms with Gasteiger partial charge in [-0.05, 0) is 31.6 Å². The van der Waals surface area contributed by atoms with Crippen LogP contribution in [0.25, 0.3) is 0 Å². The average molecular weight is 1370 g/mol. The van der Waals surface area contributed by atoms with Crippen LogP contribution in [0, 0.1) is 5.92 Å². The van der Waals surface area contributed by atoms with Gasteiger partial charge in [-0.1, -0.05) is 336 Å². The van der Waals surface area contributed by atoms with Gasteiger partial charge in [-0.2, -0.15) is 0 Å². The van der Waals surface area contributed by atoms with Crippen molar-refractivity contribution < 1.29 is 80.2 Å². The van der Waals surface area contributed by atoms with Crippen LogP contribution in [-0.2, 0) is 65.4 Å². The number of rotatable bonds is 74. The molecule has 17 nitrogen and oxygen atoms in total. The molecule has 0 aromatic heterocycles. The molecule has 0 saturated heterocycles. The van der Waals surface area contributed by atoms with E-state index in [0.29, 0.717) is 25.7 Å². The molecule has 0 aliphatic carbocycles. The summed E-state index contributed by atoms with van der Waals surface area (Å²) in [6.07, 6.45) is 55.5. The van der Waals surface area contributed by atoms with Crippen LogP contribution < -0.4 is 0 Å². The number of unbranched alkanes of at least 4 members (excludes halogenated alkanes) is 46. The van der Waals surface area contributed by atoms with Crippen molar-refractivity contribution in [3.8, 4) is 0 Å². The van der Waals surface area contributed by atoms with E-state index in [1.807, 2.05) is 0 Å². The number of hydrogen-bond donors (Lipinski definition) is 3. The van der Waals surface area contributed by atoms with Crippen molar-refractivity contribution in [2.24, 2.45) is 5.92 Å². The first-order valence-corrected chi connectivity index (χ1v) is 41.6. The highest BCUT2D eigenvalue weighted by Crippen LogP contribution is 2.45. The number of aliphatic hydroxyl groups excluding tert-OH is 1. The number of carbonyl (C=O) groups excluding carboxylic acids is 4. The maximum absolute atomic E-state index is 13.1. The van der Waals surface area contributed by atoms with Crippen LogP contribution in [0.1, 0.15) is 388 Å². The molecule has 0 bridgehead atoms. The number of phosphoric acid groups is 2. The van der Waals surface area contributed by atoms with Crippen LogP contribution in [0.3, 0.4) is 0 Å². The van der Waals surface area contributed by atoms with Crippen LogP contribution in [-0.4, -0.2) is 96.7 Å². The number of hydrogen-bond acceptors (Lipinski definition) is 15. The fraction of sp³-hybridized carbons (Fsp3) is 0.946. The highest BCUT2D eigenvalue weighted by Gasteiger charge is 2.30. The summed E-state index contributed by atoms with van der Waals surface area (Å²) < 4.78 is 68.3. The van der Waals surface area contributed by atoms with E-state index < -0.39 is 97.5 Å². The summed E-state index contributed by atoms with van der Waals surface area (Å²) in [4.78, 5) is 72.6. The van der Waals surface area contributed by atoms with Gasteiger partial charge < -0.3 is 33.8 Å².